The number of nitrogens with zero attached hydrogens (tertiary/aromatic N) is 1. The summed E-state index contributed by atoms with van der Waals surface area (Å²) in [5, 5.41) is 23.9. The molecule has 4 atom stereocenters. The van der Waals surface area contributed by atoms with Crippen molar-refractivity contribution in [3.05, 3.63) is 125 Å². The molecule has 0 bridgehead atoms. The van der Waals surface area contributed by atoms with Crippen LogP contribution in [0.15, 0.2) is 113 Å². The smallest absolute Gasteiger partial charge is 0.455 e. The van der Waals surface area contributed by atoms with Crippen molar-refractivity contribution in [2.45, 2.75) is 52.1 Å². The third-order valence-electron chi connectivity index (χ3n) is 10.1. The van der Waals surface area contributed by atoms with Crippen molar-refractivity contribution in [2.75, 3.05) is 10.2 Å². The summed E-state index contributed by atoms with van der Waals surface area (Å²) in [6.45, 7) is 4.09. The Morgan fingerprint density at radius 2 is 1.61 bits per heavy atom. The van der Waals surface area contributed by atoms with Crippen molar-refractivity contribution in [1.82, 2.24) is 0 Å². The maximum Gasteiger partial charge on any atom is 0.455 e. The van der Waals surface area contributed by atoms with E-state index >= 15 is 0 Å². The van der Waals surface area contributed by atoms with E-state index in [9.17, 15) is 19.7 Å². The normalized spacial score (nSPS) is 22.5. The zero-order valence-electron chi connectivity index (χ0n) is 27.8. The molecule has 0 saturated carbocycles. The first-order chi connectivity index (χ1) is 23.8. The van der Waals surface area contributed by atoms with E-state index in [1.807, 2.05) is 97.1 Å². The van der Waals surface area contributed by atoms with Crippen LogP contribution >= 0.6 is 0 Å². The number of fused-ring (bicyclic) bond motifs is 3. The summed E-state index contributed by atoms with van der Waals surface area (Å²) in [7, 11) is -1.05. The molecule has 8 nitrogen and oxygen atoms in total. The van der Waals surface area contributed by atoms with Crippen LogP contribution in [0.5, 0.6) is 0 Å². The van der Waals surface area contributed by atoms with E-state index in [-0.39, 0.29) is 36.6 Å². The topological polar surface area (TPSA) is 112 Å². The number of para-hydroxylation sites is 1. The molecule has 1 aromatic heterocycles. The molecule has 7 rings (SSSR count). The third kappa shape index (κ3) is 6.66. The largest absolute Gasteiger partial charge is 0.459 e. The van der Waals surface area contributed by atoms with Crippen molar-refractivity contribution < 1.29 is 28.8 Å². The van der Waals surface area contributed by atoms with E-state index in [1.54, 1.807) is 6.07 Å². The van der Waals surface area contributed by atoms with E-state index in [2.05, 4.69) is 19.2 Å². The number of hydrogen-bond acceptors (Lipinski definition) is 7. The zero-order valence-corrected chi connectivity index (χ0v) is 27.8. The summed E-state index contributed by atoms with van der Waals surface area (Å²) in [5.74, 6) is -0.442. The van der Waals surface area contributed by atoms with Gasteiger partial charge in [-0.25, -0.2) is 0 Å². The summed E-state index contributed by atoms with van der Waals surface area (Å²) in [6.07, 6.45) is 3.53. The van der Waals surface area contributed by atoms with Crippen molar-refractivity contribution in [3.8, 4) is 0 Å². The fraction of sp³-hybridized carbons (Fsp3) is 0.300. The summed E-state index contributed by atoms with van der Waals surface area (Å²) in [6, 6.07) is 30.9. The predicted octanol–water partition coefficient (Wildman–Crippen LogP) is 7.49. The van der Waals surface area contributed by atoms with Crippen LogP contribution in [0, 0.1) is 23.7 Å². The second-order valence-corrected chi connectivity index (χ2v) is 13.5. The highest BCUT2D eigenvalue weighted by molar-refractivity contribution is 6.43. The van der Waals surface area contributed by atoms with Gasteiger partial charge in [0.05, 0.1) is 23.6 Å². The Hall–Kier alpha value is -4.70. The van der Waals surface area contributed by atoms with E-state index in [4.69, 9.17) is 9.07 Å². The first kappa shape index (κ1) is 32.8. The average Bonchev–Trinajstić information content (AvgIpc) is 3.68. The molecule has 250 valence electrons. The minimum Gasteiger partial charge on any atom is -0.459 e. The lowest BCUT2D eigenvalue weighted by molar-refractivity contribution is -0.122. The molecular weight excluding hydrogens is 615 g/mol. The van der Waals surface area contributed by atoms with Gasteiger partial charge in [0.15, 0.2) is 0 Å². The van der Waals surface area contributed by atoms with Gasteiger partial charge in [-0.2, -0.15) is 0 Å². The number of benzene rings is 3. The Morgan fingerprint density at radius 3 is 2.29 bits per heavy atom. The van der Waals surface area contributed by atoms with E-state index < -0.39 is 25.1 Å². The Labute approximate surface area is 287 Å². The second kappa shape index (κ2) is 14.0. The maximum atomic E-state index is 14.3. The number of carbonyl (C=O) groups excluding carboxylic acids is 2. The maximum absolute atomic E-state index is 14.3. The van der Waals surface area contributed by atoms with Crippen LogP contribution in [0.25, 0.3) is 11.6 Å². The lowest BCUT2D eigenvalue weighted by Crippen LogP contribution is -2.46. The highest BCUT2D eigenvalue weighted by atomic mass is 16.5. The quantitative estimate of drug-likeness (QED) is 0.0921. The van der Waals surface area contributed by atoms with Crippen molar-refractivity contribution in [3.63, 3.8) is 0 Å². The van der Waals surface area contributed by atoms with Gasteiger partial charge in [-0.15, -0.1) is 0 Å². The number of amides is 2. The Morgan fingerprint density at radius 1 is 0.918 bits per heavy atom. The molecule has 3 N–H and O–H groups in total. The van der Waals surface area contributed by atoms with Gasteiger partial charge in [-0.1, -0.05) is 68.0 Å². The van der Waals surface area contributed by atoms with Gasteiger partial charge in [0.25, 0.3) is 0 Å². The fourth-order valence-electron chi connectivity index (χ4n) is 7.85. The second-order valence-electron chi connectivity index (χ2n) is 13.5. The van der Waals surface area contributed by atoms with Gasteiger partial charge >= 0.3 is 7.12 Å². The molecule has 3 aliphatic rings. The highest BCUT2D eigenvalue weighted by Gasteiger charge is 2.57. The molecular formula is C40H41BN2O6. The van der Waals surface area contributed by atoms with Crippen LogP contribution in [-0.2, 0) is 20.9 Å². The van der Waals surface area contributed by atoms with Gasteiger partial charge in [0.1, 0.15) is 18.1 Å². The third-order valence-corrected chi connectivity index (χ3v) is 10.1. The Kier molecular flexibility index (Phi) is 9.41. The Bertz CT molecular complexity index is 1870. The summed E-state index contributed by atoms with van der Waals surface area (Å²) < 4.78 is 12.1. The van der Waals surface area contributed by atoms with Crippen molar-refractivity contribution >= 4 is 47.6 Å². The monoisotopic (exact) mass is 656 g/mol. The molecule has 0 unspecified atom stereocenters. The van der Waals surface area contributed by atoms with Gasteiger partial charge in [-0.3, -0.25) is 14.5 Å². The minimum atomic E-state index is -1.05. The number of rotatable bonds is 10. The standard InChI is InChI=1S/C40H41BN2O6/c1-25(2)33-22-34-38(40(46)43(39(34)45)30-16-14-29(15-17-30)42-28-11-7-4-8-12-28)35-23-41(47)49-36(37(33)35)20-13-27(26-9-5-3-6-10-26)21-31-18-19-32(24-44)48-31/h3-12,14-19,21,25,34-36,38,42,44,47H,13,20,22-24H2,1-2H3/b27-21-/t34-,35+,36-,38-/m1/s1. The van der Waals surface area contributed by atoms with Crippen LogP contribution in [-0.4, -0.2) is 35.2 Å². The van der Waals surface area contributed by atoms with Gasteiger partial charge in [0.2, 0.25) is 11.8 Å². The number of nitrogens with one attached hydrogen (secondary N) is 1. The molecule has 9 heteroatoms. The van der Waals surface area contributed by atoms with Crippen molar-refractivity contribution in [2.24, 2.45) is 23.7 Å². The number of allylic oxidation sites excluding steroid dienone is 2. The van der Waals surface area contributed by atoms with Crippen LogP contribution in [0.1, 0.15) is 50.2 Å². The van der Waals surface area contributed by atoms with E-state index in [0.29, 0.717) is 36.5 Å². The number of hydrogen-bond donors (Lipinski definition) is 3. The number of furan rings is 1. The molecule has 2 aliphatic heterocycles. The Balaban J connectivity index is 1.16. The van der Waals surface area contributed by atoms with Crippen LogP contribution < -0.4 is 10.2 Å². The van der Waals surface area contributed by atoms with E-state index in [0.717, 1.165) is 33.7 Å². The lowest BCUT2D eigenvalue weighted by atomic mass is 9.57. The molecule has 3 aromatic carbocycles. The van der Waals surface area contributed by atoms with Crippen LogP contribution in [0.4, 0.5) is 17.1 Å². The van der Waals surface area contributed by atoms with Crippen LogP contribution in [0.3, 0.4) is 0 Å². The molecule has 0 radical (unpaired) electrons. The molecule has 2 amide bonds. The fourth-order valence-corrected chi connectivity index (χ4v) is 7.85. The summed E-state index contributed by atoms with van der Waals surface area (Å²) in [4.78, 5) is 29.7. The predicted molar refractivity (Wildman–Crippen MR) is 191 cm³/mol. The zero-order chi connectivity index (χ0) is 34.1. The molecule has 2 fully saturated rings. The van der Waals surface area contributed by atoms with Gasteiger partial charge in [0, 0.05) is 11.4 Å². The molecule has 2 saturated heterocycles. The highest BCUT2D eigenvalue weighted by Crippen LogP contribution is 2.52. The molecule has 1 aliphatic carbocycles. The number of aliphatic hydroxyl groups is 1. The summed E-state index contributed by atoms with van der Waals surface area (Å²) in [5.41, 5.74) is 6.65. The molecule has 4 aromatic rings. The minimum absolute atomic E-state index is 0.143. The van der Waals surface area contributed by atoms with Crippen LogP contribution in [0.2, 0.25) is 6.32 Å². The van der Waals surface area contributed by atoms with Crippen molar-refractivity contribution in [1.29, 1.82) is 0 Å². The first-order valence-electron chi connectivity index (χ1n) is 17.1. The SMILES string of the molecule is CC(C)C1=C2[C@@H](CC/C(=C/c3ccc(CO)o3)c3ccccc3)OB(O)C[C@@H]2[C@@H]2C(=O)N(c3ccc(Nc4ccccc4)cc3)C(=O)[C@@H]2C1. The van der Waals surface area contributed by atoms with Gasteiger partial charge in [-0.05, 0) is 109 Å². The van der Waals surface area contributed by atoms with E-state index in [1.165, 1.54) is 4.90 Å². The first-order valence-corrected chi connectivity index (χ1v) is 17.1. The van der Waals surface area contributed by atoms with Gasteiger partial charge < -0.3 is 24.5 Å². The lowest BCUT2D eigenvalue weighted by Gasteiger charge is -2.44. The number of anilines is 3. The molecule has 3 heterocycles. The number of carbonyl (C=O) groups is 2. The molecule has 0 spiro atoms. The average molecular weight is 657 g/mol. The summed E-state index contributed by atoms with van der Waals surface area (Å²) >= 11 is 0. The molecule has 49 heavy (non-hydrogen) atoms. The number of aliphatic hydroxyl groups excluding tert-OH is 1. The number of imide groups is 1.